The van der Waals surface area contributed by atoms with Crippen LogP contribution in [0.3, 0.4) is 0 Å². The van der Waals surface area contributed by atoms with Gasteiger partial charge in [0.15, 0.2) is 0 Å². The minimum Gasteiger partial charge on any atom is -0.378 e. The van der Waals surface area contributed by atoms with Crippen LogP contribution in [0.25, 0.3) is 27.9 Å². The van der Waals surface area contributed by atoms with Crippen molar-refractivity contribution in [1.29, 1.82) is 0 Å². The molecule has 6 nitrogen and oxygen atoms in total. The molecule has 0 bridgehead atoms. The monoisotopic (exact) mass is 440 g/mol. The van der Waals surface area contributed by atoms with E-state index >= 15 is 0 Å². The Morgan fingerprint density at radius 3 is 2.73 bits per heavy atom. The van der Waals surface area contributed by atoms with E-state index in [9.17, 15) is 4.79 Å². The molecule has 0 aliphatic carbocycles. The maximum atomic E-state index is 12.5. The fourth-order valence-electron chi connectivity index (χ4n) is 4.47. The molecule has 33 heavy (non-hydrogen) atoms. The second-order valence-corrected chi connectivity index (χ2v) is 8.21. The zero-order valence-electron chi connectivity index (χ0n) is 18.8. The number of nitrogens with zero attached hydrogens (tertiary/aromatic N) is 3. The number of morpholine rings is 1. The first-order chi connectivity index (χ1) is 16.2. The number of aryl methyl sites for hydroxylation is 1. The maximum absolute atomic E-state index is 12.5. The maximum Gasteiger partial charge on any atom is 0.244 e. The van der Waals surface area contributed by atoms with Gasteiger partial charge in [-0.3, -0.25) is 4.79 Å². The normalized spacial score (nSPS) is 14.4. The van der Waals surface area contributed by atoms with Crippen molar-refractivity contribution in [1.82, 2.24) is 14.9 Å². The van der Waals surface area contributed by atoms with E-state index < -0.39 is 0 Å². The van der Waals surface area contributed by atoms with Crippen LogP contribution < -0.4 is 10.2 Å². The van der Waals surface area contributed by atoms with Crippen LogP contribution >= 0.6 is 0 Å². The van der Waals surface area contributed by atoms with Crippen LogP contribution in [0.4, 0.5) is 5.82 Å². The topological polar surface area (TPSA) is 59.4 Å². The number of carbonyl (C=O) groups excluding carboxylic acids is 1. The molecule has 1 aliphatic rings. The van der Waals surface area contributed by atoms with E-state index in [-0.39, 0.29) is 5.91 Å². The van der Waals surface area contributed by atoms with Crippen LogP contribution in [0.1, 0.15) is 18.1 Å². The number of benzene rings is 2. The molecule has 0 atom stereocenters. The van der Waals surface area contributed by atoms with E-state index in [1.807, 2.05) is 18.2 Å². The Labute approximate surface area is 193 Å². The quantitative estimate of drug-likeness (QED) is 0.452. The zero-order valence-corrected chi connectivity index (χ0v) is 18.8. The number of fused-ring (bicyclic) bond motifs is 3. The van der Waals surface area contributed by atoms with E-state index in [0.29, 0.717) is 6.54 Å². The summed E-state index contributed by atoms with van der Waals surface area (Å²) in [6.07, 6.45) is 5.27. The summed E-state index contributed by atoms with van der Waals surface area (Å²) in [5.74, 6) is 0.816. The van der Waals surface area contributed by atoms with E-state index in [1.165, 1.54) is 21.8 Å². The van der Waals surface area contributed by atoms with Gasteiger partial charge in [-0.2, -0.15) is 0 Å². The summed E-state index contributed by atoms with van der Waals surface area (Å²) in [6.45, 7) is 6.67. The molecule has 2 aromatic heterocycles. The van der Waals surface area contributed by atoms with Gasteiger partial charge < -0.3 is 19.5 Å². The highest BCUT2D eigenvalue weighted by Gasteiger charge is 2.13. The van der Waals surface area contributed by atoms with Crippen LogP contribution in [0.15, 0.2) is 66.9 Å². The lowest BCUT2D eigenvalue weighted by molar-refractivity contribution is -0.116. The molecule has 4 aromatic rings. The Morgan fingerprint density at radius 1 is 1.06 bits per heavy atom. The van der Waals surface area contributed by atoms with Crippen molar-refractivity contribution in [2.75, 3.05) is 31.2 Å². The number of aromatic nitrogens is 2. The van der Waals surface area contributed by atoms with Gasteiger partial charge in [-0.25, -0.2) is 4.98 Å². The van der Waals surface area contributed by atoms with Gasteiger partial charge in [0.1, 0.15) is 5.82 Å². The lowest BCUT2D eigenvalue weighted by atomic mass is 10.1. The van der Waals surface area contributed by atoms with Crippen molar-refractivity contribution in [2.24, 2.45) is 0 Å². The zero-order chi connectivity index (χ0) is 22.6. The third-order valence-electron chi connectivity index (χ3n) is 6.15. The van der Waals surface area contributed by atoms with Crippen LogP contribution in [0.2, 0.25) is 0 Å². The Morgan fingerprint density at radius 2 is 1.88 bits per heavy atom. The standard InChI is InChI=1S/C27H28N4O2/c1-2-31-24-6-4-3-5-22(24)23-17-20(7-9-25(23)31)8-10-27(32)29-19-21-11-12-28-26(18-21)30-13-15-33-16-14-30/h3-12,17-18H,2,13-16,19H2,1H3,(H,29,32). The average Bonchev–Trinajstić information content (AvgIpc) is 3.20. The SMILES string of the molecule is CCn1c2ccccc2c2cc(C=CC(=O)NCc3ccnc(N4CCOCC4)c3)ccc21. The molecular formula is C27H28N4O2. The minimum absolute atomic E-state index is 0.115. The number of para-hydroxylation sites is 1. The first-order valence-electron chi connectivity index (χ1n) is 11.5. The van der Waals surface area contributed by atoms with E-state index in [1.54, 1.807) is 12.3 Å². The molecule has 3 heterocycles. The van der Waals surface area contributed by atoms with Crippen LogP contribution in [-0.4, -0.2) is 41.8 Å². The lowest BCUT2D eigenvalue weighted by Gasteiger charge is -2.28. The lowest BCUT2D eigenvalue weighted by Crippen LogP contribution is -2.36. The summed E-state index contributed by atoms with van der Waals surface area (Å²) in [4.78, 5) is 19.1. The molecule has 6 heteroatoms. The highest BCUT2D eigenvalue weighted by atomic mass is 16.5. The number of hydrogen-bond acceptors (Lipinski definition) is 4. The number of anilines is 1. The summed E-state index contributed by atoms with van der Waals surface area (Å²) in [5, 5.41) is 5.43. The summed E-state index contributed by atoms with van der Waals surface area (Å²) in [6, 6.07) is 18.8. The first-order valence-corrected chi connectivity index (χ1v) is 11.5. The predicted molar refractivity (Wildman–Crippen MR) is 133 cm³/mol. The summed E-state index contributed by atoms with van der Waals surface area (Å²) in [5.41, 5.74) is 4.49. The summed E-state index contributed by atoms with van der Waals surface area (Å²) >= 11 is 0. The Bertz CT molecular complexity index is 1320. The van der Waals surface area contributed by atoms with Gasteiger partial charge in [-0.1, -0.05) is 24.3 Å². The van der Waals surface area contributed by atoms with Crippen molar-refractivity contribution >= 4 is 39.6 Å². The highest BCUT2D eigenvalue weighted by Crippen LogP contribution is 2.30. The molecule has 5 rings (SSSR count). The smallest absolute Gasteiger partial charge is 0.244 e. The van der Waals surface area contributed by atoms with Crippen LogP contribution in [0, 0.1) is 0 Å². The van der Waals surface area contributed by atoms with Gasteiger partial charge >= 0.3 is 0 Å². The van der Waals surface area contributed by atoms with Crippen molar-refractivity contribution in [2.45, 2.75) is 20.0 Å². The van der Waals surface area contributed by atoms with E-state index in [2.05, 4.69) is 69.2 Å². The number of nitrogens with one attached hydrogen (secondary N) is 1. The molecule has 2 aromatic carbocycles. The van der Waals surface area contributed by atoms with Gasteiger partial charge in [0.2, 0.25) is 5.91 Å². The van der Waals surface area contributed by atoms with Gasteiger partial charge in [0.05, 0.1) is 13.2 Å². The average molecular weight is 441 g/mol. The number of amides is 1. The first kappa shape index (κ1) is 21.2. The van der Waals surface area contributed by atoms with Crippen LogP contribution in [0.5, 0.6) is 0 Å². The van der Waals surface area contributed by atoms with Gasteiger partial charge in [-0.05, 0) is 54.5 Å². The van der Waals surface area contributed by atoms with E-state index in [0.717, 1.165) is 49.8 Å². The largest absolute Gasteiger partial charge is 0.378 e. The van der Waals surface area contributed by atoms with Crippen molar-refractivity contribution in [3.63, 3.8) is 0 Å². The third-order valence-corrected chi connectivity index (χ3v) is 6.15. The molecule has 1 fully saturated rings. The number of carbonyl (C=O) groups is 1. The van der Waals surface area contributed by atoms with Crippen LogP contribution in [-0.2, 0) is 22.6 Å². The second-order valence-electron chi connectivity index (χ2n) is 8.21. The molecular weight excluding hydrogens is 412 g/mol. The fraction of sp³-hybridized carbons (Fsp3) is 0.259. The van der Waals surface area contributed by atoms with Gasteiger partial charge in [-0.15, -0.1) is 0 Å². The molecule has 0 radical (unpaired) electrons. The van der Waals surface area contributed by atoms with E-state index in [4.69, 9.17) is 4.74 Å². The number of rotatable bonds is 6. The van der Waals surface area contributed by atoms with Crippen molar-refractivity contribution in [3.8, 4) is 0 Å². The van der Waals surface area contributed by atoms with Gasteiger partial charge in [0, 0.05) is 60.3 Å². The highest BCUT2D eigenvalue weighted by molar-refractivity contribution is 6.08. The molecule has 0 spiro atoms. The second kappa shape index (κ2) is 9.46. The predicted octanol–water partition coefficient (Wildman–Crippen LogP) is 4.38. The number of ether oxygens (including phenoxy) is 1. The van der Waals surface area contributed by atoms with Crippen molar-refractivity contribution < 1.29 is 9.53 Å². The Kier molecular flexibility index (Phi) is 6.09. The number of pyridine rings is 1. The van der Waals surface area contributed by atoms with Crippen molar-refractivity contribution in [3.05, 3.63) is 78.0 Å². The molecule has 1 aliphatic heterocycles. The molecule has 1 saturated heterocycles. The Balaban J connectivity index is 1.27. The fourth-order valence-corrected chi connectivity index (χ4v) is 4.47. The molecule has 0 saturated carbocycles. The molecule has 1 N–H and O–H groups in total. The molecule has 0 unspecified atom stereocenters. The Hall–Kier alpha value is -3.64. The molecule has 1 amide bonds. The number of hydrogen-bond donors (Lipinski definition) is 1. The summed E-state index contributed by atoms with van der Waals surface area (Å²) in [7, 11) is 0. The minimum atomic E-state index is -0.115. The molecule has 168 valence electrons. The third kappa shape index (κ3) is 4.47. The van der Waals surface area contributed by atoms with Gasteiger partial charge in [0.25, 0.3) is 0 Å². The summed E-state index contributed by atoms with van der Waals surface area (Å²) < 4.78 is 7.73.